The van der Waals surface area contributed by atoms with E-state index in [2.05, 4.69) is 24.6 Å². The first-order valence-electron chi connectivity index (χ1n) is 10.1. The SMILES string of the molecule is CN1Cc2cc(F)ccc2-n2c(nnc2[C@H]2CC[C@H](c3ncccc3F)CC2)C1. The minimum atomic E-state index is -0.229. The van der Waals surface area contributed by atoms with E-state index in [1.807, 2.05) is 13.1 Å². The molecule has 1 fully saturated rings. The summed E-state index contributed by atoms with van der Waals surface area (Å²) in [4.78, 5) is 6.39. The Morgan fingerprint density at radius 3 is 2.55 bits per heavy atom. The molecule has 1 aliphatic heterocycles. The van der Waals surface area contributed by atoms with Crippen molar-refractivity contribution in [3.8, 4) is 5.69 Å². The molecule has 3 aromatic rings. The Hall–Kier alpha value is -2.67. The maximum Gasteiger partial charge on any atom is 0.151 e. The van der Waals surface area contributed by atoms with E-state index in [0.717, 1.165) is 48.6 Å². The van der Waals surface area contributed by atoms with Gasteiger partial charge in [0.1, 0.15) is 17.5 Å². The molecule has 1 saturated carbocycles. The van der Waals surface area contributed by atoms with Crippen LogP contribution in [-0.2, 0) is 13.1 Å². The van der Waals surface area contributed by atoms with E-state index in [-0.39, 0.29) is 23.5 Å². The second-order valence-corrected chi connectivity index (χ2v) is 8.17. The molecule has 0 amide bonds. The Kier molecular flexibility index (Phi) is 4.62. The van der Waals surface area contributed by atoms with E-state index in [0.29, 0.717) is 18.8 Å². The number of hydrogen-bond acceptors (Lipinski definition) is 4. The van der Waals surface area contributed by atoms with Gasteiger partial charge in [-0.1, -0.05) is 0 Å². The largest absolute Gasteiger partial charge is 0.295 e. The van der Waals surface area contributed by atoms with Crippen LogP contribution < -0.4 is 0 Å². The molecule has 150 valence electrons. The van der Waals surface area contributed by atoms with E-state index >= 15 is 0 Å². The van der Waals surface area contributed by atoms with Crippen molar-refractivity contribution < 1.29 is 8.78 Å². The molecule has 2 aliphatic rings. The van der Waals surface area contributed by atoms with Crippen LogP contribution in [-0.4, -0.2) is 31.7 Å². The number of nitrogens with zero attached hydrogens (tertiary/aromatic N) is 5. The summed E-state index contributed by atoms with van der Waals surface area (Å²) in [6.07, 6.45) is 5.22. The second kappa shape index (κ2) is 7.30. The van der Waals surface area contributed by atoms with E-state index in [1.54, 1.807) is 18.3 Å². The van der Waals surface area contributed by atoms with Gasteiger partial charge in [-0.05, 0) is 68.6 Å². The summed E-state index contributed by atoms with van der Waals surface area (Å²) in [6.45, 7) is 1.33. The molecule has 29 heavy (non-hydrogen) atoms. The van der Waals surface area contributed by atoms with Crippen molar-refractivity contribution in [3.63, 3.8) is 0 Å². The first-order chi connectivity index (χ1) is 14.1. The Morgan fingerprint density at radius 1 is 0.966 bits per heavy atom. The zero-order chi connectivity index (χ0) is 20.0. The summed E-state index contributed by atoms with van der Waals surface area (Å²) in [5, 5.41) is 9.00. The Bertz CT molecular complexity index is 1040. The highest BCUT2D eigenvalue weighted by Crippen LogP contribution is 2.41. The lowest BCUT2D eigenvalue weighted by atomic mass is 9.79. The molecule has 0 N–H and O–H groups in total. The molecule has 0 saturated heterocycles. The third-order valence-electron chi connectivity index (χ3n) is 6.16. The van der Waals surface area contributed by atoms with Gasteiger partial charge in [-0.15, -0.1) is 10.2 Å². The van der Waals surface area contributed by atoms with Gasteiger partial charge in [0.25, 0.3) is 0 Å². The van der Waals surface area contributed by atoms with Gasteiger partial charge in [-0.2, -0.15) is 0 Å². The fourth-order valence-corrected chi connectivity index (χ4v) is 4.77. The molecule has 2 aromatic heterocycles. The van der Waals surface area contributed by atoms with Crippen molar-refractivity contribution in [2.45, 2.75) is 50.6 Å². The van der Waals surface area contributed by atoms with Crippen LogP contribution in [0.15, 0.2) is 36.5 Å². The maximum atomic E-state index is 14.1. The van der Waals surface area contributed by atoms with Gasteiger partial charge in [0, 0.05) is 24.6 Å². The van der Waals surface area contributed by atoms with Crippen molar-refractivity contribution in [3.05, 3.63) is 71.1 Å². The van der Waals surface area contributed by atoms with Crippen molar-refractivity contribution in [1.82, 2.24) is 24.6 Å². The maximum absolute atomic E-state index is 14.1. The van der Waals surface area contributed by atoms with Gasteiger partial charge in [0.05, 0.1) is 17.9 Å². The first-order valence-corrected chi connectivity index (χ1v) is 10.1. The molecule has 5 nitrogen and oxygen atoms in total. The highest BCUT2D eigenvalue weighted by Gasteiger charge is 2.31. The summed E-state index contributed by atoms with van der Waals surface area (Å²) in [7, 11) is 2.01. The van der Waals surface area contributed by atoms with Crippen molar-refractivity contribution >= 4 is 0 Å². The predicted molar refractivity (Wildman–Crippen MR) is 105 cm³/mol. The van der Waals surface area contributed by atoms with Crippen molar-refractivity contribution in [1.29, 1.82) is 0 Å². The van der Waals surface area contributed by atoms with Crippen molar-refractivity contribution in [2.24, 2.45) is 0 Å². The van der Waals surface area contributed by atoms with Crippen LogP contribution in [0.2, 0.25) is 0 Å². The summed E-state index contributed by atoms with van der Waals surface area (Å²) in [5.74, 6) is 1.76. The van der Waals surface area contributed by atoms with Crippen LogP contribution in [0.5, 0.6) is 0 Å². The second-order valence-electron chi connectivity index (χ2n) is 8.17. The first kappa shape index (κ1) is 18.4. The number of halogens is 2. The molecule has 0 unspecified atom stereocenters. The van der Waals surface area contributed by atoms with Crippen LogP contribution >= 0.6 is 0 Å². The fraction of sp³-hybridized carbons (Fsp3) is 0.409. The monoisotopic (exact) mass is 395 g/mol. The number of rotatable bonds is 2. The van der Waals surface area contributed by atoms with Crippen LogP contribution in [0.4, 0.5) is 8.78 Å². The third-order valence-corrected chi connectivity index (χ3v) is 6.16. The van der Waals surface area contributed by atoms with Gasteiger partial charge in [-0.3, -0.25) is 14.5 Å². The van der Waals surface area contributed by atoms with Crippen molar-refractivity contribution in [2.75, 3.05) is 7.05 Å². The molecule has 0 bridgehead atoms. The normalized spacial score (nSPS) is 22.0. The summed E-state index contributed by atoms with van der Waals surface area (Å²) < 4.78 is 30.1. The summed E-state index contributed by atoms with van der Waals surface area (Å²) in [6, 6.07) is 8.05. The number of fused-ring (bicyclic) bond motifs is 3. The smallest absolute Gasteiger partial charge is 0.151 e. The molecule has 1 aromatic carbocycles. The molecule has 0 radical (unpaired) electrons. The molecular formula is C22H23F2N5. The van der Waals surface area contributed by atoms with E-state index < -0.39 is 0 Å². The Labute approximate surface area is 168 Å². The molecule has 0 spiro atoms. The molecule has 5 rings (SSSR count). The number of pyridine rings is 1. The topological polar surface area (TPSA) is 46.8 Å². The van der Waals surface area contributed by atoms with Gasteiger partial charge < -0.3 is 0 Å². The number of aromatic nitrogens is 4. The van der Waals surface area contributed by atoms with Crippen LogP contribution in [0.3, 0.4) is 0 Å². The average molecular weight is 395 g/mol. The van der Waals surface area contributed by atoms with Crippen LogP contribution in [0.1, 0.15) is 60.4 Å². The van der Waals surface area contributed by atoms with Gasteiger partial charge in [0.2, 0.25) is 0 Å². The Balaban J connectivity index is 1.45. The van der Waals surface area contributed by atoms with Gasteiger partial charge in [-0.25, -0.2) is 8.78 Å². The molecule has 7 heteroatoms. The van der Waals surface area contributed by atoms with E-state index in [1.165, 1.54) is 12.1 Å². The minimum absolute atomic E-state index is 0.145. The standard InChI is InChI=1S/C22H23F2N5/c1-28-12-16-11-17(23)8-9-19(16)29-20(13-28)26-27-22(29)15-6-4-14(5-7-15)21-18(24)3-2-10-25-21/h2-3,8-11,14-15H,4-7,12-13H2,1H3/t14-,15-. The summed E-state index contributed by atoms with van der Waals surface area (Å²) >= 11 is 0. The lowest BCUT2D eigenvalue weighted by molar-refractivity contribution is 0.314. The number of hydrogen-bond donors (Lipinski definition) is 0. The molecular weight excluding hydrogens is 372 g/mol. The van der Waals surface area contributed by atoms with E-state index in [9.17, 15) is 8.78 Å². The fourth-order valence-electron chi connectivity index (χ4n) is 4.77. The predicted octanol–water partition coefficient (Wildman–Crippen LogP) is 4.33. The highest BCUT2D eigenvalue weighted by molar-refractivity contribution is 5.44. The molecule has 1 aliphatic carbocycles. The zero-order valence-corrected chi connectivity index (χ0v) is 16.4. The van der Waals surface area contributed by atoms with Gasteiger partial charge in [0.15, 0.2) is 5.82 Å². The molecule has 0 atom stereocenters. The quantitative estimate of drug-likeness (QED) is 0.648. The van der Waals surface area contributed by atoms with Crippen LogP contribution in [0, 0.1) is 11.6 Å². The highest BCUT2D eigenvalue weighted by atomic mass is 19.1. The summed E-state index contributed by atoms with van der Waals surface area (Å²) in [5.41, 5.74) is 2.48. The van der Waals surface area contributed by atoms with Crippen LogP contribution in [0.25, 0.3) is 5.69 Å². The van der Waals surface area contributed by atoms with E-state index in [4.69, 9.17) is 0 Å². The Morgan fingerprint density at radius 2 is 1.76 bits per heavy atom. The number of benzene rings is 1. The zero-order valence-electron chi connectivity index (χ0n) is 16.4. The lowest BCUT2D eigenvalue weighted by Gasteiger charge is -2.28. The minimum Gasteiger partial charge on any atom is -0.295 e. The van der Waals surface area contributed by atoms with Gasteiger partial charge >= 0.3 is 0 Å². The molecule has 3 heterocycles. The average Bonchev–Trinajstić information content (AvgIpc) is 3.06. The lowest BCUT2D eigenvalue weighted by Crippen LogP contribution is -2.18. The third kappa shape index (κ3) is 3.33.